The van der Waals surface area contributed by atoms with Gasteiger partial charge in [0.1, 0.15) is 0 Å². The lowest BCUT2D eigenvalue weighted by Crippen LogP contribution is -2.27. The van der Waals surface area contributed by atoms with Gasteiger partial charge in [-0.05, 0) is 23.6 Å². The van der Waals surface area contributed by atoms with E-state index in [2.05, 4.69) is 10.6 Å². The van der Waals surface area contributed by atoms with Crippen molar-refractivity contribution in [3.05, 3.63) is 56.5 Å². The average molecular weight is 337 g/mol. The lowest BCUT2D eigenvalue weighted by Gasteiger charge is -2.06. The number of benzene rings is 1. The topological polar surface area (TPSA) is 101 Å². The maximum absolute atomic E-state index is 13.2. The normalized spacial score (nSPS) is 10.1. The minimum absolute atomic E-state index is 0.0128. The summed E-state index contributed by atoms with van der Waals surface area (Å²) < 4.78 is 13.2. The first-order chi connectivity index (χ1) is 11.0. The predicted octanol–water partition coefficient (Wildman–Crippen LogP) is 2.55. The molecule has 0 aliphatic carbocycles. The number of carbonyl (C=O) groups is 2. The van der Waals surface area contributed by atoms with Gasteiger partial charge in [0.25, 0.3) is 5.91 Å². The number of amides is 2. The highest BCUT2D eigenvalue weighted by atomic mass is 32.1. The van der Waals surface area contributed by atoms with Crippen LogP contribution in [0.2, 0.25) is 0 Å². The molecule has 0 saturated heterocycles. The molecule has 0 saturated carbocycles. The van der Waals surface area contributed by atoms with Crippen LogP contribution in [0.4, 0.5) is 15.8 Å². The van der Waals surface area contributed by atoms with E-state index in [9.17, 15) is 24.1 Å². The summed E-state index contributed by atoms with van der Waals surface area (Å²) in [6.45, 7) is 0.115. The van der Waals surface area contributed by atoms with Crippen LogP contribution in [0, 0.1) is 15.9 Å². The lowest BCUT2D eigenvalue weighted by molar-refractivity contribution is -0.387. The minimum Gasteiger partial charge on any atom is -0.351 e. The van der Waals surface area contributed by atoms with Gasteiger partial charge in [0.15, 0.2) is 0 Å². The molecule has 2 aromatic rings. The summed E-state index contributed by atoms with van der Waals surface area (Å²) in [5.74, 6) is -1.70. The van der Waals surface area contributed by atoms with Gasteiger partial charge in [0.05, 0.1) is 4.92 Å². The number of hydrogen-bond acceptors (Lipinski definition) is 5. The molecule has 1 heterocycles. The van der Waals surface area contributed by atoms with E-state index < -0.39 is 22.3 Å². The second-order valence-corrected chi connectivity index (χ2v) is 5.27. The third-order valence-corrected chi connectivity index (χ3v) is 3.53. The van der Waals surface area contributed by atoms with Gasteiger partial charge in [-0.15, -0.1) is 0 Å². The van der Waals surface area contributed by atoms with Gasteiger partial charge in [-0.25, -0.2) is 0 Å². The molecule has 120 valence electrons. The Bertz CT molecular complexity index is 734. The highest BCUT2D eigenvalue weighted by molar-refractivity contribution is 7.08. The number of carbonyl (C=O) groups excluding carboxylic acids is 2. The molecule has 23 heavy (non-hydrogen) atoms. The fourth-order valence-corrected chi connectivity index (χ4v) is 2.38. The number of rotatable bonds is 6. The molecule has 2 rings (SSSR count). The fourth-order valence-electron chi connectivity index (χ4n) is 1.74. The van der Waals surface area contributed by atoms with Gasteiger partial charge in [0.2, 0.25) is 11.7 Å². The van der Waals surface area contributed by atoms with Gasteiger partial charge in [0, 0.05) is 35.7 Å². The number of nitrogens with zero attached hydrogens (tertiary/aromatic N) is 1. The lowest BCUT2D eigenvalue weighted by atomic mass is 10.2. The first kappa shape index (κ1) is 16.6. The molecule has 0 bridgehead atoms. The quantitative estimate of drug-likeness (QED) is 0.625. The van der Waals surface area contributed by atoms with Crippen LogP contribution in [0.5, 0.6) is 0 Å². The summed E-state index contributed by atoms with van der Waals surface area (Å²) in [5, 5.41) is 19.1. The van der Waals surface area contributed by atoms with Gasteiger partial charge < -0.3 is 10.6 Å². The number of hydrogen-bond donors (Lipinski definition) is 2. The van der Waals surface area contributed by atoms with E-state index >= 15 is 0 Å². The molecule has 0 radical (unpaired) electrons. The second kappa shape index (κ2) is 7.45. The maximum Gasteiger partial charge on any atom is 0.306 e. The third-order valence-electron chi connectivity index (χ3n) is 2.85. The van der Waals surface area contributed by atoms with Crippen LogP contribution in [0.1, 0.15) is 16.8 Å². The van der Waals surface area contributed by atoms with E-state index in [4.69, 9.17) is 0 Å². The first-order valence-electron chi connectivity index (χ1n) is 6.51. The summed E-state index contributed by atoms with van der Waals surface area (Å²) >= 11 is 1.39. The molecule has 1 aromatic heterocycles. The zero-order chi connectivity index (χ0) is 16.8. The molecule has 0 unspecified atom stereocenters. The standard InChI is InChI=1S/C14H12FN3O4S/c15-11-2-1-10(7-12(11)18(21)22)17-13(19)3-5-16-14(20)9-4-6-23-8-9/h1-2,4,6-8H,3,5H2,(H,16,20)(H,17,19). The molecule has 7 nitrogen and oxygen atoms in total. The highest BCUT2D eigenvalue weighted by Crippen LogP contribution is 2.21. The van der Waals surface area contributed by atoms with Crippen LogP contribution in [0.25, 0.3) is 0 Å². The van der Waals surface area contributed by atoms with Crippen LogP contribution in [-0.2, 0) is 4.79 Å². The van der Waals surface area contributed by atoms with E-state index in [-0.39, 0.29) is 24.6 Å². The minimum atomic E-state index is -0.976. The van der Waals surface area contributed by atoms with E-state index in [1.54, 1.807) is 16.8 Å². The summed E-state index contributed by atoms with van der Waals surface area (Å²) in [4.78, 5) is 33.1. The molecule has 0 aliphatic rings. The number of thiophene rings is 1. The van der Waals surface area contributed by atoms with Crippen LogP contribution >= 0.6 is 11.3 Å². The van der Waals surface area contributed by atoms with Crippen LogP contribution in [0.15, 0.2) is 35.0 Å². The van der Waals surface area contributed by atoms with Gasteiger partial charge >= 0.3 is 5.69 Å². The van der Waals surface area contributed by atoms with Crippen molar-refractivity contribution in [3.63, 3.8) is 0 Å². The van der Waals surface area contributed by atoms with E-state index in [0.29, 0.717) is 5.56 Å². The average Bonchev–Trinajstić information content (AvgIpc) is 3.03. The third kappa shape index (κ3) is 4.58. The second-order valence-electron chi connectivity index (χ2n) is 4.49. The number of anilines is 1. The molecule has 2 amide bonds. The van der Waals surface area contributed by atoms with Crippen molar-refractivity contribution >= 4 is 34.5 Å². The molecule has 1 aromatic carbocycles. The molecule has 0 aliphatic heterocycles. The largest absolute Gasteiger partial charge is 0.351 e. The Morgan fingerprint density at radius 1 is 1.30 bits per heavy atom. The smallest absolute Gasteiger partial charge is 0.306 e. The summed E-state index contributed by atoms with van der Waals surface area (Å²) in [6.07, 6.45) is -0.0128. The van der Waals surface area contributed by atoms with Crippen LogP contribution < -0.4 is 10.6 Å². The Hall–Kier alpha value is -2.81. The van der Waals surface area contributed by atoms with Crippen LogP contribution in [0.3, 0.4) is 0 Å². The zero-order valence-corrected chi connectivity index (χ0v) is 12.6. The summed E-state index contributed by atoms with van der Waals surface area (Å²) in [6, 6.07) is 4.74. The van der Waals surface area contributed by atoms with Gasteiger partial charge in [-0.1, -0.05) is 0 Å². The van der Waals surface area contributed by atoms with Gasteiger partial charge in [-0.2, -0.15) is 15.7 Å². The van der Waals surface area contributed by atoms with Crippen molar-refractivity contribution in [2.24, 2.45) is 0 Å². The fraction of sp³-hybridized carbons (Fsp3) is 0.143. The van der Waals surface area contributed by atoms with Gasteiger partial charge in [-0.3, -0.25) is 19.7 Å². The van der Waals surface area contributed by atoms with Crippen molar-refractivity contribution < 1.29 is 18.9 Å². The van der Waals surface area contributed by atoms with Crippen molar-refractivity contribution in [2.45, 2.75) is 6.42 Å². The summed E-state index contributed by atoms with van der Waals surface area (Å²) in [7, 11) is 0. The summed E-state index contributed by atoms with van der Waals surface area (Å²) in [5.41, 5.74) is -0.0783. The molecular formula is C14H12FN3O4S. The number of halogens is 1. The van der Waals surface area contributed by atoms with E-state index in [1.807, 2.05) is 0 Å². The van der Waals surface area contributed by atoms with Crippen LogP contribution in [-0.4, -0.2) is 23.3 Å². The Morgan fingerprint density at radius 3 is 2.74 bits per heavy atom. The van der Waals surface area contributed by atoms with E-state index in [1.165, 1.54) is 17.4 Å². The molecule has 0 atom stereocenters. The monoisotopic (exact) mass is 337 g/mol. The number of nitro benzene ring substituents is 1. The van der Waals surface area contributed by atoms with Crippen molar-refractivity contribution in [1.82, 2.24) is 5.32 Å². The molecule has 0 spiro atoms. The van der Waals surface area contributed by atoms with E-state index in [0.717, 1.165) is 12.1 Å². The molecule has 9 heteroatoms. The molecule has 0 fully saturated rings. The first-order valence-corrected chi connectivity index (χ1v) is 7.46. The Labute approximate surface area is 134 Å². The maximum atomic E-state index is 13.2. The molecule has 2 N–H and O–H groups in total. The number of nitro groups is 1. The highest BCUT2D eigenvalue weighted by Gasteiger charge is 2.15. The number of nitrogens with one attached hydrogen (secondary N) is 2. The predicted molar refractivity (Wildman–Crippen MR) is 83.0 cm³/mol. The SMILES string of the molecule is O=C(CCNC(=O)c1ccsc1)Nc1ccc(F)c([N+](=O)[O-])c1. The molecular weight excluding hydrogens is 325 g/mol. The van der Waals surface area contributed by atoms with Crippen molar-refractivity contribution in [2.75, 3.05) is 11.9 Å². The zero-order valence-electron chi connectivity index (χ0n) is 11.7. The Morgan fingerprint density at radius 2 is 2.09 bits per heavy atom. The Kier molecular flexibility index (Phi) is 5.36. The van der Waals surface area contributed by atoms with Crippen molar-refractivity contribution in [1.29, 1.82) is 0 Å². The Balaban J connectivity index is 1.84. The van der Waals surface area contributed by atoms with Crippen molar-refractivity contribution in [3.8, 4) is 0 Å².